The van der Waals surface area contributed by atoms with Crippen LogP contribution in [-0.4, -0.2) is 33.2 Å². The molecule has 0 aliphatic heterocycles. The van der Waals surface area contributed by atoms with Crippen LogP contribution in [-0.2, 0) is 10.3 Å². The number of carboxylic acids is 3. The molecule has 1 aromatic carbocycles. The number of carbonyl (C=O) groups is 3. The normalized spacial score (nSPS) is 13.7. The maximum Gasteiger partial charge on any atom is 0.336 e. The van der Waals surface area contributed by atoms with Crippen LogP contribution in [0, 0.1) is 0 Å². The SMILES string of the molecule is C[C@@](N)(C(=O)O)c1ccc(C(=O)O)c(C(=O)O)c1. The fraction of sp³-hybridized carbons (Fsp3) is 0.182. The Labute approximate surface area is 101 Å². The molecule has 18 heavy (non-hydrogen) atoms. The lowest BCUT2D eigenvalue weighted by molar-refractivity contribution is -0.143. The molecule has 0 fully saturated rings. The van der Waals surface area contributed by atoms with Gasteiger partial charge in [-0.1, -0.05) is 6.07 Å². The second-order valence-electron chi connectivity index (χ2n) is 3.88. The van der Waals surface area contributed by atoms with E-state index in [1.54, 1.807) is 0 Å². The first kappa shape index (κ1) is 13.7. The highest BCUT2D eigenvalue weighted by molar-refractivity contribution is 6.02. The molecule has 96 valence electrons. The van der Waals surface area contributed by atoms with E-state index in [-0.39, 0.29) is 5.56 Å². The van der Waals surface area contributed by atoms with Gasteiger partial charge in [0.25, 0.3) is 0 Å². The minimum absolute atomic E-state index is 0.0115. The van der Waals surface area contributed by atoms with Crippen LogP contribution in [0.1, 0.15) is 33.2 Å². The molecular weight excluding hydrogens is 242 g/mol. The molecule has 0 aliphatic rings. The van der Waals surface area contributed by atoms with Crippen molar-refractivity contribution in [2.75, 3.05) is 0 Å². The molecule has 0 spiro atoms. The van der Waals surface area contributed by atoms with Crippen molar-refractivity contribution in [3.8, 4) is 0 Å². The monoisotopic (exact) mass is 253 g/mol. The van der Waals surface area contributed by atoms with Crippen LogP contribution in [0.4, 0.5) is 0 Å². The maximum absolute atomic E-state index is 10.9. The summed E-state index contributed by atoms with van der Waals surface area (Å²) in [6.07, 6.45) is 0. The van der Waals surface area contributed by atoms with Crippen molar-refractivity contribution < 1.29 is 29.7 Å². The smallest absolute Gasteiger partial charge is 0.336 e. The van der Waals surface area contributed by atoms with Gasteiger partial charge in [-0.25, -0.2) is 14.4 Å². The Hall–Kier alpha value is -2.41. The van der Waals surface area contributed by atoms with Crippen molar-refractivity contribution >= 4 is 17.9 Å². The van der Waals surface area contributed by atoms with Crippen molar-refractivity contribution in [3.05, 3.63) is 34.9 Å². The van der Waals surface area contributed by atoms with Crippen LogP contribution < -0.4 is 5.73 Å². The van der Waals surface area contributed by atoms with Gasteiger partial charge in [-0.15, -0.1) is 0 Å². The average Bonchev–Trinajstić information content (AvgIpc) is 2.27. The molecule has 5 N–H and O–H groups in total. The Balaban J connectivity index is 3.46. The average molecular weight is 253 g/mol. The van der Waals surface area contributed by atoms with Crippen LogP contribution in [0.3, 0.4) is 0 Å². The quantitative estimate of drug-likeness (QED) is 0.606. The number of rotatable bonds is 4. The highest BCUT2D eigenvalue weighted by Crippen LogP contribution is 2.22. The molecule has 7 nitrogen and oxygen atoms in total. The van der Waals surface area contributed by atoms with Crippen LogP contribution in [0.15, 0.2) is 18.2 Å². The topological polar surface area (TPSA) is 138 Å². The molecule has 0 saturated carbocycles. The Bertz CT molecular complexity index is 534. The zero-order chi connectivity index (χ0) is 14.1. The van der Waals surface area contributed by atoms with E-state index in [0.29, 0.717) is 0 Å². The van der Waals surface area contributed by atoms with Gasteiger partial charge in [0.05, 0.1) is 11.1 Å². The Morgan fingerprint density at radius 2 is 1.56 bits per heavy atom. The van der Waals surface area contributed by atoms with Crippen LogP contribution in [0.2, 0.25) is 0 Å². The molecular formula is C11H11NO6. The standard InChI is InChI=1S/C11H11NO6/c1-11(12,10(17)18)5-2-3-6(8(13)14)7(4-5)9(15)16/h2-4H,12H2,1H3,(H,13,14)(H,15,16)(H,17,18)/t11-/m0/s1. The van der Waals surface area contributed by atoms with Gasteiger partial charge < -0.3 is 21.1 Å². The fourth-order valence-electron chi connectivity index (χ4n) is 1.35. The lowest BCUT2D eigenvalue weighted by Crippen LogP contribution is -2.41. The van der Waals surface area contributed by atoms with E-state index in [0.717, 1.165) is 12.1 Å². The first-order valence-corrected chi connectivity index (χ1v) is 4.81. The molecule has 0 amide bonds. The van der Waals surface area contributed by atoms with E-state index in [1.165, 1.54) is 13.0 Å². The third-order valence-electron chi connectivity index (χ3n) is 2.52. The number of nitrogens with two attached hydrogens (primary N) is 1. The van der Waals surface area contributed by atoms with Crippen LogP contribution in [0.25, 0.3) is 0 Å². The number of benzene rings is 1. The molecule has 0 aliphatic carbocycles. The summed E-state index contributed by atoms with van der Waals surface area (Å²) in [7, 11) is 0. The lowest BCUT2D eigenvalue weighted by atomic mass is 9.90. The molecule has 0 saturated heterocycles. The van der Waals surface area contributed by atoms with Gasteiger partial charge in [-0.2, -0.15) is 0 Å². The van der Waals surface area contributed by atoms with Gasteiger partial charge in [-0.05, 0) is 24.6 Å². The van der Waals surface area contributed by atoms with E-state index in [9.17, 15) is 14.4 Å². The van der Waals surface area contributed by atoms with Crippen molar-refractivity contribution in [1.82, 2.24) is 0 Å². The van der Waals surface area contributed by atoms with Crippen molar-refractivity contribution in [3.63, 3.8) is 0 Å². The molecule has 7 heteroatoms. The second kappa shape index (κ2) is 4.46. The summed E-state index contributed by atoms with van der Waals surface area (Å²) in [5.74, 6) is -4.22. The molecule has 0 heterocycles. The summed E-state index contributed by atoms with van der Waals surface area (Å²) in [5.41, 5.74) is 2.83. The van der Waals surface area contributed by atoms with E-state index in [4.69, 9.17) is 21.1 Å². The van der Waals surface area contributed by atoms with Crippen molar-refractivity contribution in [2.45, 2.75) is 12.5 Å². The van der Waals surface area contributed by atoms with Gasteiger partial charge in [0, 0.05) is 0 Å². The molecule has 1 aromatic rings. The zero-order valence-electron chi connectivity index (χ0n) is 9.38. The molecule has 0 radical (unpaired) electrons. The number of hydrogen-bond acceptors (Lipinski definition) is 4. The summed E-state index contributed by atoms with van der Waals surface area (Å²) in [6.45, 7) is 1.19. The van der Waals surface area contributed by atoms with Gasteiger partial charge >= 0.3 is 17.9 Å². The van der Waals surface area contributed by atoms with E-state index >= 15 is 0 Å². The summed E-state index contributed by atoms with van der Waals surface area (Å²) in [4.78, 5) is 32.7. The van der Waals surface area contributed by atoms with Gasteiger partial charge in [-0.3, -0.25) is 0 Å². The first-order chi connectivity index (χ1) is 8.17. The van der Waals surface area contributed by atoms with E-state index in [2.05, 4.69) is 0 Å². The minimum Gasteiger partial charge on any atom is -0.480 e. The molecule has 0 unspecified atom stereocenters. The van der Waals surface area contributed by atoms with Gasteiger partial charge in [0.2, 0.25) is 0 Å². The van der Waals surface area contributed by atoms with Crippen molar-refractivity contribution in [1.29, 1.82) is 0 Å². The minimum atomic E-state index is -1.79. The summed E-state index contributed by atoms with van der Waals surface area (Å²) in [6, 6.07) is 3.17. The van der Waals surface area contributed by atoms with Crippen LogP contribution in [0.5, 0.6) is 0 Å². The predicted molar refractivity (Wildman–Crippen MR) is 59.5 cm³/mol. The molecule has 1 atom stereocenters. The van der Waals surface area contributed by atoms with Crippen LogP contribution >= 0.6 is 0 Å². The Morgan fingerprint density at radius 1 is 1.06 bits per heavy atom. The first-order valence-electron chi connectivity index (χ1n) is 4.81. The summed E-state index contributed by atoms with van der Waals surface area (Å²) < 4.78 is 0. The number of aliphatic carboxylic acids is 1. The third kappa shape index (κ3) is 2.30. The van der Waals surface area contributed by atoms with Gasteiger partial charge in [0.15, 0.2) is 0 Å². The number of hydrogen-bond donors (Lipinski definition) is 4. The molecule has 0 aromatic heterocycles. The third-order valence-corrected chi connectivity index (χ3v) is 2.52. The lowest BCUT2D eigenvalue weighted by Gasteiger charge is -2.20. The maximum atomic E-state index is 10.9. The number of carboxylic acid groups (broad SMARTS) is 3. The van der Waals surface area contributed by atoms with Gasteiger partial charge in [0.1, 0.15) is 5.54 Å². The fourth-order valence-corrected chi connectivity index (χ4v) is 1.35. The highest BCUT2D eigenvalue weighted by atomic mass is 16.4. The zero-order valence-corrected chi connectivity index (χ0v) is 9.38. The Kier molecular flexibility index (Phi) is 3.38. The predicted octanol–water partition coefficient (Wildman–Crippen LogP) is 0.342. The largest absolute Gasteiger partial charge is 0.480 e. The molecule has 1 rings (SSSR count). The molecule has 0 bridgehead atoms. The highest BCUT2D eigenvalue weighted by Gasteiger charge is 2.31. The van der Waals surface area contributed by atoms with E-state index < -0.39 is 34.6 Å². The Morgan fingerprint density at radius 3 is 1.94 bits per heavy atom. The number of aromatic carboxylic acids is 2. The summed E-state index contributed by atoms with van der Waals surface area (Å²) in [5, 5.41) is 26.6. The summed E-state index contributed by atoms with van der Waals surface area (Å²) >= 11 is 0. The van der Waals surface area contributed by atoms with Crippen molar-refractivity contribution in [2.24, 2.45) is 5.73 Å². The second-order valence-corrected chi connectivity index (χ2v) is 3.88. The van der Waals surface area contributed by atoms with E-state index in [1.807, 2.05) is 0 Å².